The molecule has 5 heavy (non-hydrogen) atoms. The third-order valence-electron chi connectivity index (χ3n) is 0. The molecule has 0 aromatic carbocycles. The van der Waals surface area contributed by atoms with Crippen molar-refractivity contribution in [1.29, 1.82) is 0 Å². The fraction of sp³-hybridized carbons (Fsp3) is 1.00. The standard InChI is InChI=1S/C3H7Cl.ClH/c1-3(2)4;/h3H,1-2H3;1H. The zero-order valence-electron chi connectivity index (χ0n) is 3.36. The van der Waals surface area contributed by atoms with Crippen molar-refractivity contribution in [3.63, 3.8) is 0 Å². The normalized spacial score (nSPS) is 7.20. The molecule has 0 radical (unpaired) electrons. The summed E-state index contributed by atoms with van der Waals surface area (Å²) in [5, 5.41) is 0.306. The molecule has 0 unspecified atom stereocenters. The van der Waals surface area contributed by atoms with Crippen molar-refractivity contribution < 1.29 is 0 Å². The van der Waals surface area contributed by atoms with E-state index >= 15 is 0 Å². The van der Waals surface area contributed by atoms with E-state index in [9.17, 15) is 0 Å². The van der Waals surface area contributed by atoms with Crippen molar-refractivity contribution in [2.45, 2.75) is 19.2 Å². The van der Waals surface area contributed by atoms with Crippen LogP contribution in [0.1, 0.15) is 13.8 Å². The highest BCUT2D eigenvalue weighted by molar-refractivity contribution is 6.20. The lowest BCUT2D eigenvalue weighted by Crippen LogP contribution is -1.70. The summed E-state index contributed by atoms with van der Waals surface area (Å²) < 4.78 is 0. The first kappa shape index (κ1) is 9.13. The third kappa shape index (κ3) is 90.6. The zero-order valence-corrected chi connectivity index (χ0v) is 4.94. The van der Waals surface area contributed by atoms with Gasteiger partial charge in [-0.2, -0.15) is 0 Å². The van der Waals surface area contributed by atoms with Crippen LogP contribution in [-0.2, 0) is 0 Å². The molecule has 0 bridgehead atoms. The quantitative estimate of drug-likeness (QED) is 0.424. The summed E-state index contributed by atoms with van der Waals surface area (Å²) in [6.07, 6.45) is 0. The van der Waals surface area contributed by atoms with Gasteiger partial charge in [0.05, 0.1) is 0 Å². The number of hydrogen-bond acceptors (Lipinski definition) is 0. The Morgan fingerprint density at radius 2 is 1.40 bits per heavy atom. The predicted molar refractivity (Wildman–Crippen MR) is 28.2 cm³/mol. The average molecular weight is 115 g/mol. The molecule has 0 rings (SSSR count). The smallest absolute Gasteiger partial charge is 0.0279 e. The molecule has 0 aliphatic rings. The first-order chi connectivity index (χ1) is 1.73. The molecule has 0 aliphatic heterocycles. The van der Waals surface area contributed by atoms with Gasteiger partial charge in [0.2, 0.25) is 0 Å². The number of alkyl halides is 1. The van der Waals surface area contributed by atoms with E-state index in [2.05, 4.69) is 0 Å². The lowest BCUT2D eigenvalue weighted by atomic mass is 10.6. The molecule has 34 valence electrons. The van der Waals surface area contributed by atoms with Crippen LogP contribution < -0.4 is 0 Å². The first-order valence-corrected chi connectivity index (χ1v) is 1.81. The van der Waals surface area contributed by atoms with Gasteiger partial charge in [0.15, 0.2) is 0 Å². The van der Waals surface area contributed by atoms with Gasteiger partial charge in [0, 0.05) is 5.38 Å². The lowest BCUT2D eigenvalue weighted by Gasteiger charge is -1.76. The average Bonchev–Trinajstić information content (AvgIpc) is 0.811. The van der Waals surface area contributed by atoms with Gasteiger partial charge in [0.1, 0.15) is 0 Å². The molecule has 0 aromatic heterocycles. The van der Waals surface area contributed by atoms with E-state index in [1.54, 1.807) is 0 Å². The second kappa shape index (κ2) is 4.58. The SMILES string of the molecule is CC(C)Cl.Cl. The predicted octanol–water partition coefficient (Wildman–Crippen LogP) is 2.06. The van der Waals surface area contributed by atoms with Gasteiger partial charge in [-0.15, -0.1) is 24.0 Å². The maximum absolute atomic E-state index is 5.27. The Bertz CT molecular complexity index is 9.61. The Morgan fingerprint density at radius 1 is 1.40 bits per heavy atom. The minimum Gasteiger partial charge on any atom is -0.147 e. The van der Waals surface area contributed by atoms with E-state index in [1.165, 1.54) is 0 Å². The summed E-state index contributed by atoms with van der Waals surface area (Å²) in [5.74, 6) is 0. The van der Waals surface area contributed by atoms with Gasteiger partial charge in [-0.25, -0.2) is 0 Å². The van der Waals surface area contributed by atoms with Crippen molar-refractivity contribution in [3.8, 4) is 0 Å². The Hall–Kier alpha value is 0.580. The molecule has 0 heterocycles. The number of halogens is 2. The Balaban J connectivity index is 0. The van der Waals surface area contributed by atoms with Gasteiger partial charge < -0.3 is 0 Å². The maximum Gasteiger partial charge on any atom is 0.0279 e. The number of rotatable bonds is 0. The lowest BCUT2D eigenvalue weighted by molar-refractivity contribution is 1.10. The van der Waals surface area contributed by atoms with Crippen LogP contribution in [-0.4, -0.2) is 5.38 Å². The molecule has 0 spiro atoms. The van der Waals surface area contributed by atoms with Crippen LogP contribution in [0.3, 0.4) is 0 Å². The van der Waals surface area contributed by atoms with Crippen LogP contribution in [0.4, 0.5) is 0 Å². The summed E-state index contributed by atoms with van der Waals surface area (Å²) in [6.45, 7) is 3.86. The van der Waals surface area contributed by atoms with Crippen molar-refractivity contribution in [2.24, 2.45) is 0 Å². The molecule has 2 heteroatoms. The molecule has 0 fully saturated rings. The summed E-state index contributed by atoms with van der Waals surface area (Å²) >= 11 is 5.27. The summed E-state index contributed by atoms with van der Waals surface area (Å²) in [4.78, 5) is 0. The van der Waals surface area contributed by atoms with Crippen LogP contribution in [0, 0.1) is 0 Å². The van der Waals surface area contributed by atoms with Gasteiger partial charge in [0.25, 0.3) is 0 Å². The van der Waals surface area contributed by atoms with E-state index in [0.29, 0.717) is 5.38 Å². The summed E-state index contributed by atoms with van der Waals surface area (Å²) in [6, 6.07) is 0. The Morgan fingerprint density at radius 3 is 1.40 bits per heavy atom. The van der Waals surface area contributed by atoms with Crippen molar-refractivity contribution >= 4 is 24.0 Å². The summed E-state index contributed by atoms with van der Waals surface area (Å²) in [5.41, 5.74) is 0. The molecule has 0 saturated heterocycles. The van der Waals surface area contributed by atoms with Crippen LogP contribution in [0.25, 0.3) is 0 Å². The highest BCUT2D eigenvalue weighted by Crippen LogP contribution is 1.84. The van der Waals surface area contributed by atoms with E-state index in [0.717, 1.165) is 0 Å². The highest BCUT2D eigenvalue weighted by Gasteiger charge is 1.71. The van der Waals surface area contributed by atoms with Gasteiger partial charge in [-0.05, 0) is 13.8 Å². The number of hydrogen-bond donors (Lipinski definition) is 0. The van der Waals surface area contributed by atoms with Crippen molar-refractivity contribution in [1.82, 2.24) is 0 Å². The van der Waals surface area contributed by atoms with E-state index in [4.69, 9.17) is 11.6 Å². The van der Waals surface area contributed by atoms with Crippen molar-refractivity contribution in [2.75, 3.05) is 0 Å². The van der Waals surface area contributed by atoms with Gasteiger partial charge in [-0.3, -0.25) is 0 Å². The van der Waals surface area contributed by atoms with Gasteiger partial charge >= 0.3 is 0 Å². The Kier molecular flexibility index (Phi) is 8.37. The van der Waals surface area contributed by atoms with Crippen molar-refractivity contribution in [3.05, 3.63) is 0 Å². The third-order valence-corrected chi connectivity index (χ3v) is 0. The molecule has 0 nitrogen and oxygen atoms in total. The van der Waals surface area contributed by atoms with E-state index in [1.807, 2.05) is 13.8 Å². The summed E-state index contributed by atoms with van der Waals surface area (Å²) in [7, 11) is 0. The molecule has 0 N–H and O–H groups in total. The fourth-order valence-corrected chi connectivity index (χ4v) is 0. The molecule has 0 aliphatic carbocycles. The van der Waals surface area contributed by atoms with Crippen LogP contribution in [0.15, 0.2) is 0 Å². The van der Waals surface area contributed by atoms with Gasteiger partial charge in [-0.1, -0.05) is 0 Å². The molecule has 0 amide bonds. The largest absolute Gasteiger partial charge is 0.147 e. The van der Waals surface area contributed by atoms with E-state index < -0.39 is 0 Å². The molecule has 0 aromatic rings. The van der Waals surface area contributed by atoms with Crippen LogP contribution in [0.5, 0.6) is 0 Å². The highest BCUT2D eigenvalue weighted by atomic mass is 35.5. The maximum atomic E-state index is 5.27. The van der Waals surface area contributed by atoms with Crippen LogP contribution in [0.2, 0.25) is 0 Å². The second-order valence-electron chi connectivity index (χ2n) is 1.01. The molecular weight excluding hydrogens is 107 g/mol. The Labute approximate surface area is 43.9 Å². The minimum atomic E-state index is 0. The minimum absolute atomic E-state index is 0. The van der Waals surface area contributed by atoms with E-state index in [-0.39, 0.29) is 12.4 Å². The molecule has 0 atom stereocenters. The topological polar surface area (TPSA) is 0 Å². The zero-order chi connectivity index (χ0) is 3.58. The first-order valence-electron chi connectivity index (χ1n) is 1.37. The fourth-order valence-electron chi connectivity index (χ4n) is 0. The second-order valence-corrected chi connectivity index (χ2v) is 1.89. The van der Waals surface area contributed by atoms with Crippen LogP contribution >= 0.6 is 24.0 Å². The molecule has 0 saturated carbocycles. The molecular formula is C3H8Cl2. The monoisotopic (exact) mass is 114 g/mol.